The molecule has 2 aromatic rings. The van der Waals surface area contributed by atoms with Crippen LogP contribution < -0.4 is 16.4 Å². The molecule has 0 spiro atoms. The van der Waals surface area contributed by atoms with E-state index >= 15 is 0 Å². The number of hydrogen-bond donors (Lipinski definition) is 3. The fraction of sp³-hybridized carbons (Fsp3) is 0.357. The van der Waals surface area contributed by atoms with Gasteiger partial charge in [0, 0.05) is 4.90 Å². The molecular formula is C14H19N5OS2. The number of nitrogens with two attached hydrogens (primary N) is 1. The van der Waals surface area contributed by atoms with Gasteiger partial charge < -0.3 is 16.4 Å². The third-order valence-electron chi connectivity index (χ3n) is 2.77. The molecule has 0 radical (unpaired) electrons. The molecule has 0 saturated carbocycles. The molecule has 1 atom stereocenters. The van der Waals surface area contributed by atoms with Crippen LogP contribution in [0.15, 0.2) is 29.2 Å². The van der Waals surface area contributed by atoms with Crippen molar-refractivity contribution < 1.29 is 4.79 Å². The fourth-order valence-electron chi connectivity index (χ4n) is 1.75. The molecule has 0 bridgehead atoms. The zero-order chi connectivity index (χ0) is 15.9. The maximum absolute atomic E-state index is 12.1. The van der Waals surface area contributed by atoms with Crippen molar-refractivity contribution in [2.45, 2.75) is 31.2 Å². The molecule has 0 aliphatic carbocycles. The Morgan fingerprint density at radius 1 is 1.41 bits per heavy atom. The van der Waals surface area contributed by atoms with Gasteiger partial charge in [-0.2, -0.15) is 0 Å². The van der Waals surface area contributed by atoms with Crippen molar-refractivity contribution in [3.63, 3.8) is 0 Å². The molecule has 118 valence electrons. The largest absolute Gasteiger partial charge is 0.374 e. The number of nitrogen functional groups attached to an aromatic ring is 1. The van der Waals surface area contributed by atoms with Gasteiger partial charge in [-0.05, 0) is 31.2 Å². The van der Waals surface area contributed by atoms with Crippen LogP contribution in [0.3, 0.4) is 0 Å². The number of carbonyl (C=O) groups excluding carboxylic acids is 1. The van der Waals surface area contributed by atoms with Crippen molar-refractivity contribution in [1.82, 2.24) is 15.5 Å². The topological polar surface area (TPSA) is 92.9 Å². The van der Waals surface area contributed by atoms with Crippen molar-refractivity contribution in [3.05, 3.63) is 29.3 Å². The van der Waals surface area contributed by atoms with Gasteiger partial charge in [0.1, 0.15) is 5.01 Å². The fourth-order valence-corrected chi connectivity index (χ4v) is 3.23. The first-order chi connectivity index (χ1) is 10.6. The number of thioether (sulfide) groups is 1. The van der Waals surface area contributed by atoms with Crippen molar-refractivity contribution in [1.29, 1.82) is 0 Å². The van der Waals surface area contributed by atoms with Gasteiger partial charge in [-0.3, -0.25) is 0 Å². The van der Waals surface area contributed by atoms with E-state index < -0.39 is 0 Å². The molecule has 0 aliphatic rings. The van der Waals surface area contributed by atoms with Gasteiger partial charge in [-0.15, -0.1) is 22.0 Å². The number of para-hydroxylation sites is 1. The van der Waals surface area contributed by atoms with Crippen LogP contribution in [0.1, 0.15) is 31.3 Å². The Hall–Kier alpha value is -1.80. The Balaban J connectivity index is 1.97. The normalized spacial score (nSPS) is 11.9. The monoisotopic (exact) mass is 337 g/mol. The molecule has 4 N–H and O–H groups in total. The minimum Gasteiger partial charge on any atom is -0.374 e. The number of aromatic nitrogens is 2. The smallest absolute Gasteiger partial charge is 0.319 e. The number of rotatable bonds is 6. The minimum atomic E-state index is -0.272. The zero-order valence-electron chi connectivity index (χ0n) is 12.5. The number of nitrogens with one attached hydrogen (secondary N) is 2. The van der Waals surface area contributed by atoms with Crippen molar-refractivity contribution >= 4 is 39.9 Å². The molecule has 1 heterocycles. The molecule has 1 aromatic heterocycles. The van der Waals surface area contributed by atoms with Crippen LogP contribution in [0.25, 0.3) is 0 Å². The third kappa shape index (κ3) is 4.60. The van der Waals surface area contributed by atoms with E-state index in [1.54, 1.807) is 11.8 Å². The summed E-state index contributed by atoms with van der Waals surface area (Å²) in [6.07, 6.45) is 1.08. The molecule has 22 heavy (non-hydrogen) atoms. The Labute approximate surface area is 137 Å². The number of anilines is 2. The number of amides is 2. The van der Waals surface area contributed by atoms with E-state index in [2.05, 4.69) is 27.8 Å². The van der Waals surface area contributed by atoms with Gasteiger partial charge >= 0.3 is 6.03 Å². The number of benzene rings is 1. The van der Waals surface area contributed by atoms with Crippen molar-refractivity contribution in [3.8, 4) is 0 Å². The van der Waals surface area contributed by atoms with Crippen LogP contribution in [0.4, 0.5) is 15.6 Å². The van der Waals surface area contributed by atoms with E-state index in [4.69, 9.17) is 5.73 Å². The number of hydrogen-bond acceptors (Lipinski definition) is 6. The molecule has 1 aromatic carbocycles. The minimum absolute atomic E-state index is 0.245. The Morgan fingerprint density at radius 3 is 2.86 bits per heavy atom. The van der Waals surface area contributed by atoms with Crippen LogP contribution in [0, 0.1) is 0 Å². The molecule has 8 heteroatoms. The molecule has 6 nitrogen and oxygen atoms in total. The lowest BCUT2D eigenvalue weighted by molar-refractivity contribution is 0.249. The second kappa shape index (κ2) is 8.00. The third-order valence-corrected chi connectivity index (χ3v) is 4.99. The predicted molar refractivity (Wildman–Crippen MR) is 92.3 cm³/mol. The van der Waals surface area contributed by atoms with Gasteiger partial charge in [-0.1, -0.05) is 30.4 Å². The number of urea groups is 1. The van der Waals surface area contributed by atoms with Crippen LogP contribution >= 0.6 is 23.1 Å². The second-order valence-corrected chi connectivity index (χ2v) is 6.82. The molecule has 2 rings (SSSR count). The summed E-state index contributed by atoms with van der Waals surface area (Å²) in [5.41, 5.74) is 6.36. The van der Waals surface area contributed by atoms with Crippen LogP contribution in [0.2, 0.25) is 0 Å². The molecule has 0 fully saturated rings. The quantitative estimate of drug-likeness (QED) is 0.702. The summed E-state index contributed by atoms with van der Waals surface area (Å²) >= 11 is 3.00. The maximum Gasteiger partial charge on any atom is 0.319 e. The first-order valence-corrected chi connectivity index (χ1v) is 8.78. The predicted octanol–water partition coefficient (Wildman–Crippen LogP) is 3.51. The lowest BCUT2D eigenvalue weighted by Gasteiger charge is -2.14. The Bertz CT molecular complexity index is 631. The summed E-state index contributed by atoms with van der Waals surface area (Å²) in [7, 11) is 0. The molecule has 2 amide bonds. The van der Waals surface area contributed by atoms with E-state index in [-0.39, 0.29) is 12.1 Å². The van der Waals surface area contributed by atoms with E-state index in [1.807, 2.05) is 31.2 Å². The first-order valence-electron chi connectivity index (χ1n) is 6.98. The first kappa shape index (κ1) is 16.6. The van der Waals surface area contributed by atoms with E-state index in [0.29, 0.717) is 10.1 Å². The van der Waals surface area contributed by atoms with Gasteiger partial charge in [-0.25, -0.2) is 4.79 Å². The average Bonchev–Trinajstić information content (AvgIpc) is 2.93. The van der Waals surface area contributed by atoms with E-state index in [1.165, 1.54) is 11.3 Å². The van der Waals surface area contributed by atoms with Gasteiger partial charge in [0.05, 0.1) is 11.7 Å². The Kier molecular flexibility index (Phi) is 6.02. The molecule has 0 saturated heterocycles. The molecule has 0 unspecified atom stereocenters. The number of carbonyl (C=O) groups is 1. The van der Waals surface area contributed by atoms with Crippen LogP contribution in [0.5, 0.6) is 0 Å². The summed E-state index contributed by atoms with van der Waals surface area (Å²) in [4.78, 5) is 13.2. The highest BCUT2D eigenvalue weighted by atomic mass is 32.2. The zero-order valence-corrected chi connectivity index (χ0v) is 14.1. The summed E-state index contributed by atoms with van der Waals surface area (Å²) in [6, 6.07) is 7.25. The van der Waals surface area contributed by atoms with Gasteiger partial charge in [0.25, 0.3) is 0 Å². The molecule has 0 aliphatic heterocycles. The summed E-state index contributed by atoms with van der Waals surface area (Å²) < 4.78 is 0. The number of nitrogens with zero attached hydrogens (tertiary/aromatic N) is 2. The average molecular weight is 337 g/mol. The SMILES string of the molecule is CCCSc1ccccc1NC(=O)N[C@H](C)c1nnc(N)s1. The summed E-state index contributed by atoms with van der Waals surface area (Å²) in [5.74, 6) is 1.01. The maximum atomic E-state index is 12.1. The highest BCUT2D eigenvalue weighted by molar-refractivity contribution is 7.99. The summed E-state index contributed by atoms with van der Waals surface area (Å²) in [5, 5.41) is 14.5. The van der Waals surface area contributed by atoms with Crippen molar-refractivity contribution in [2.24, 2.45) is 0 Å². The lowest BCUT2D eigenvalue weighted by Crippen LogP contribution is -2.31. The van der Waals surface area contributed by atoms with Crippen LogP contribution in [-0.2, 0) is 0 Å². The second-order valence-electron chi connectivity index (χ2n) is 4.64. The van der Waals surface area contributed by atoms with E-state index in [9.17, 15) is 4.79 Å². The van der Waals surface area contributed by atoms with Crippen LogP contribution in [-0.4, -0.2) is 22.0 Å². The van der Waals surface area contributed by atoms with Gasteiger partial charge in [0.2, 0.25) is 5.13 Å². The Morgan fingerprint density at radius 2 is 2.18 bits per heavy atom. The standard InChI is InChI=1S/C14H19N5OS2/c1-3-8-21-11-7-5-4-6-10(11)17-14(20)16-9(2)12-18-19-13(15)22-12/h4-7,9H,3,8H2,1-2H3,(H2,15,19)(H2,16,17,20)/t9-/m1/s1. The lowest BCUT2D eigenvalue weighted by atomic mass is 10.3. The highest BCUT2D eigenvalue weighted by Gasteiger charge is 2.14. The summed E-state index contributed by atoms with van der Waals surface area (Å²) in [6.45, 7) is 3.97. The van der Waals surface area contributed by atoms with Crippen molar-refractivity contribution in [2.75, 3.05) is 16.8 Å². The van der Waals surface area contributed by atoms with Gasteiger partial charge in [0.15, 0.2) is 0 Å². The molecular weight excluding hydrogens is 318 g/mol. The van der Waals surface area contributed by atoms with E-state index in [0.717, 1.165) is 22.8 Å². The highest BCUT2D eigenvalue weighted by Crippen LogP contribution is 2.27.